The highest BCUT2D eigenvalue weighted by Gasteiger charge is 2.30. The van der Waals surface area contributed by atoms with Crippen LogP contribution in [0.3, 0.4) is 0 Å². The molecule has 0 unspecified atom stereocenters. The summed E-state index contributed by atoms with van der Waals surface area (Å²) in [7, 11) is 0. The largest absolute Gasteiger partial charge is 0.490 e. The normalized spacial score (nSPS) is 18.5. The number of benzene rings is 1. The number of nitrogens with one attached hydrogen (secondary N) is 1. The molecule has 1 fully saturated rings. The topological polar surface area (TPSA) is 97.8 Å². The van der Waals surface area contributed by atoms with Crippen molar-refractivity contribution in [2.75, 3.05) is 6.61 Å². The maximum atomic E-state index is 12.6. The number of carboxylic acids is 1. The number of rotatable bonds is 8. The third-order valence-corrected chi connectivity index (χ3v) is 4.74. The van der Waals surface area contributed by atoms with Gasteiger partial charge in [-0.15, -0.1) is 0 Å². The number of carboxylic acid groups (broad SMARTS) is 1. The van der Waals surface area contributed by atoms with Gasteiger partial charge in [-0.25, -0.2) is 0 Å². The summed E-state index contributed by atoms with van der Waals surface area (Å²) in [4.78, 5) is 27.7. The van der Waals surface area contributed by atoms with E-state index in [1.165, 1.54) is 0 Å². The smallest absolute Gasteiger partial charge is 0.306 e. The third kappa shape index (κ3) is 5.00. The fourth-order valence-corrected chi connectivity index (χ4v) is 3.29. The highest BCUT2D eigenvalue weighted by molar-refractivity contribution is 5.95. The molecule has 0 radical (unpaired) electrons. The van der Waals surface area contributed by atoms with E-state index in [0.29, 0.717) is 49.5 Å². The second kappa shape index (κ2) is 9.21. The van der Waals surface area contributed by atoms with Gasteiger partial charge in [0.05, 0.1) is 12.5 Å². The van der Waals surface area contributed by atoms with Crippen molar-refractivity contribution in [3.8, 4) is 11.5 Å². The molecule has 1 heterocycles. The van der Waals surface area contributed by atoms with Crippen molar-refractivity contribution in [3.63, 3.8) is 0 Å². The van der Waals surface area contributed by atoms with Gasteiger partial charge in [0.2, 0.25) is 0 Å². The van der Waals surface area contributed by atoms with E-state index in [-0.39, 0.29) is 17.9 Å². The SMILES string of the molecule is CCOc1cc(C(=O)N[C@@H]2CC[C@H](C(=O)O)C2)ccc1OCc1cccnc1. The summed E-state index contributed by atoms with van der Waals surface area (Å²) in [6.45, 7) is 2.65. The number of hydrogen-bond donors (Lipinski definition) is 2. The standard InChI is InChI=1S/C21H24N2O5/c1-2-27-19-11-15(20(24)23-17-7-5-16(10-17)21(25)26)6-8-18(19)28-13-14-4-3-9-22-12-14/h3-4,6,8-9,11-12,16-17H,2,5,7,10,13H2,1H3,(H,23,24)(H,25,26)/t16-,17+/m0/s1. The van der Waals surface area contributed by atoms with E-state index in [9.17, 15) is 9.59 Å². The first-order valence-electron chi connectivity index (χ1n) is 9.39. The molecule has 0 aliphatic heterocycles. The molecule has 28 heavy (non-hydrogen) atoms. The monoisotopic (exact) mass is 384 g/mol. The number of carbonyl (C=O) groups is 2. The molecule has 2 atom stereocenters. The summed E-state index contributed by atoms with van der Waals surface area (Å²) in [5, 5.41) is 12.0. The fourth-order valence-electron chi connectivity index (χ4n) is 3.29. The number of aliphatic carboxylic acids is 1. The van der Waals surface area contributed by atoms with E-state index < -0.39 is 5.97 Å². The number of hydrogen-bond acceptors (Lipinski definition) is 5. The van der Waals surface area contributed by atoms with E-state index in [1.807, 2.05) is 19.1 Å². The van der Waals surface area contributed by atoms with Crippen molar-refractivity contribution in [1.82, 2.24) is 10.3 Å². The molecule has 1 saturated carbocycles. The van der Waals surface area contributed by atoms with Crippen molar-refractivity contribution in [3.05, 3.63) is 53.9 Å². The molecular formula is C21H24N2O5. The lowest BCUT2D eigenvalue weighted by molar-refractivity contribution is -0.141. The molecule has 2 N–H and O–H groups in total. The molecule has 0 spiro atoms. The van der Waals surface area contributed by atoms with Crippen LogP contribution in [0.15, 0.2) is 42.7 Å². The number of nitrogens with zero attached hydrogens (tertiary/aromatic N) is 1. The van der Waals surface area contributed by atoms with Crippen molar-refractivity contribution in [2.24, 2.45) is 5.92 Å². The summed E-state index contributed by atoms with van der Waals surface area (Å²) in [5.74, 6) is -0.378. The second-order valence-electron chi connectivity index (χ2n) is 6.76. The predicted molar refractivity (Wildman–Crippen MR) is 102 cm³/mol. The highest BCUT2D eigenvalue weighted by atomic mass is 16.5. The van der Waals surface area contributed by atoms with Crippen LogP contribution in [0.1, 0.15) is 42.1 Å². The molecular weight excluding hydrogens is 360 g/mol. The Morgan fingerprint density at radius 1 is 1.21 bits per heavy atom. The van der Waals surface area contributed by atoms with Crippen LogP contribution < -0.4 is 14.8 Å². The minimum Gasteiger partial charge on any atom is -0.490 e. The average Bonchev–Trinajstić information content (AvgIpc) is 3.17. The molecule has 1 aromatic carbocycles. The van der Waals surface area contributed by atoms with Crippen molar-refractivity contribution in [2.45, 2.75) is 38.8 Å². The van der Waals surface area contributed by atoms with Gasteiger partial charge in [0.15, 0.2) is 11.5 Å². The van der Waals surface area contributed by atoms with Crippen LogP contribution in [0, 0.1) is 5.92 Å². The molecule has 0 saturated heterocycles. The Labute approximate surface area is 163 Å². The lowest BCUT2D eigenvalue weighted by Crippen LogP contribution is -2.33. The van der Waals surface area contributed by atoms with Gasteiger partial charge in [-0.2, -0.15) is 0 Å². The lowest BCUT2D eigenvalue weighted by Gasteiger charge is -2.15. The van der Waals surface area contributed by atoms with Gasteiger partial charge in [-0.1, -0.05) is 6.07 Å². The van der Waals surface area contributed by atoms with Gasteiger partial charge >= 0.3 is 5.97 Å². The lowest BCUT2D eigenvalue weighted by atomic mass is 10.1. The van der Waals surface area contributed by atoms with E-state index in [1.54, 1.807) is 30.6 Å². The van der Waals surface area contributed by atoms with Crippen molar-refractivity contribution < 1.29 is 24.2 Å². The summed E-state index contributed by atoms with van der Waals surface area (Å²) >= 11 is 0. The van der Waals surface area contributed by atoms with E-state index in [4.69, 9.17) is 14.6 Å². The van der Waals surface area contributed by atoms with Gasteiger partial charge in [0, 0.05) is 29.6 Å². The molecule has 1 aliphatic rings. The molecule has 7 heteroatoms. The molecule has 1 aromatic heterocycles. The Hall–Kier alpha value is -3.09. The maximum Gasteiger partial charge on any atom is 0.306 e. The minimum absolute atomic E-state index is 0.120. The van der Waals surface area contributed by atoms with Gasteiger partial charge in [0.1, 0.15) is 6.61 Å². The summed E-state index contributed by atoms with van der Waals surface area (Å²) < 4.78 is 11.5. The zero-order valence-corrected chi connectivity index (χ0v) is 15.8. The minimum atomic E-state index is -0.800. The summed E-state index contributed by atoms with van der Waals surface area (Å²) in [6.07, 6.45) is 5.16. The zero-order valence-electron chi connectivity index (χ0n) is 15.8. The number of carbonyl (C=O) groups excluding carboxylic acids is 1. The fraction of sp³-hybridized carbons (Fsp3) is 0.381. The molecule has 3 rings (SSSR count). The maximum absolute atomic E-state index is 12.6. The molecule has 1 aliphatic carbocycles. The molecule has 2 aromatic rings. The van der Waals surface area contributed by atoms with Gasteiger partial charge in [-0.05, 0) is 50.5 Å². The van der Waals surface area contributed by atoms with Crippen molar-refractivity contribution in [1.29, 1.82) is 0 Å². The number of amides is 1. The van der Waals surface area contributed by atoms with Crippen LogP contribution in [-0.2, 0) is 11.4 Å². The first-order valence-corrected chi connectivity index (χ1v) is 9.39. The van der Waals surface area contributed by atoms with Gasteiger partial charge < -0.3 is 19.9 Å². The van der Waals surface area contributed by atoms with Gasteiger partial charge in [0.25, 0.3) is 5.91 Å². The van der Waals surface area contributed by atoms with E-state index in [0.717, 1.165) is 5.56 Å². The Balaban J connectivity index is 1.66. The van der Waals surface area contributed by atoms with Crippen LogP contribution in [0.25, 0.3) is 0 Å². The average molecular weight is 384 g/mol. The van der Waals surface area contributed by atoms with Crippen LogP contribution in [0.5, 0.6) is 11.5 Å². The van der Waals surface area contributed by atoms with Crippen LogP contribution in [-0.4, -0.2) is 34.6 Å². The van der Waals surface area contributed by atoms with Gasteiger partial charge in [-0.3, -0.25) is 14.6 Å². The van der Waals surface area contributed by atoms with Crippen LogP contribution in [0.2, 0.25) is 0 Å². The first-order chi connectivity index (χ1) is 13.6. The summed E-state index contributed by atoms with van der Waals surface area (Å²) in [5.41, 5.74) is 1.39. The van der Waals surface area contributed by atoms with E-state index >= 15 is 0 Å². The van der Waals surface area contributed by atoms with Crippen LogP contribution in [0.4, 0.5) is 0 Å². The van der Waals surface area contributed by atoms with Crippen LogP contribution >= 0.6 is 0 Å². The number of aromatic nitrogens is 1. The quantitative estimate of drug-likeness (QED) is 0.726. The predicted octanol–water partition coefficient (Wildman–Crippen LogP) is 3.04. The summed E-state index contributed by atoms with van der Waals surface area (Å²) in [6, 6.07) is 8.69. The Morgan fingerprint density at radius 2 is 2.07 bits per heavy atom. The molecule has 1 amide bonds. The molecule has 148 valence electrons. The Kier molecular flexibility index (Phi) is 6.47. The van der Waals surface area contributed by atoms with Crippen molar-refractivity contribution >= 4 is 11.9 Å². The number of pyridine rings is 1. The second-order valence-corrected chi connectivity index (χ2v) is 6.76. The Morgan fingerprint density at radius 3 is 2.75 bits per heavy atom. The molecule has 0 bridgehead atoms. The number of ether oxygens (including phenoxy) is 2. The molecule has 7 nitrogen and oxygen atoms in total. The Bertz CT molecular complexity index is 825. The first kappa shape index (κ1) is 19.7. The van der Waals surface area contributed by atoms with E-state index in [2.05, 4.69) is 10.3 Å². The highest BCUT2D eigenvalue weighted by Crippen LogP contribution is 2.30. The zero-order chi connectivity index (χ0) is 19.9. The third-order valence-electron chi connectivity index (χ3n) is 4.74.